The Kier molecular flexibility index (Phi) is 9.22. The van der Waals surface area contributed by atoms with Gasteiger partial charge < -0.3 is 20.5 Å². The summed E-state index contributed by atoms with van der Waals surface area (Å²) in [5.41, 5.74) is 2.43. The summed E-state index contributed by atoms with van der Waals surface area (Å²) in [6.45, 7) is 0.384. The van der Waals surface area contributed by atoms with Crippen LogP contribution >= 0.6 is 0 Å². The number of carboxylic acids is 1. The molecule has 3 aromatic carbocycles. The monoisotopic (exact) mass is 460 g/mol. The summed E-state index contributed by atoms with van der Waals surface area (Å²) in [6.07, 6.45) is -0.0528. The highest BCUT2D eigenvalue weighted by atomic mass is 16.5. The molecule has 0 aliphatic carbocycles. The van der Waals surface area contributed by atoms with Crippen LogP contribution in [0.5, 0.6) is 0 Å². The van der Waals surface area contributed by atoms with Crippen molar-refractivity contribution in [1.29, 1.82) is 0 Å². The predicted octanol–water partition coefficient (Wildman–Crippen LogP) is 4.09. The van der Waals surface area contributed by atoms with Gasteiger partial charge in [0.2, 0.25) is 5.91 Å². The van der Waals surface area contributed by atoms with Gasteiger partial charge in [-0.3, -0.25) is 4.79 Å². The summed E-state index contributed by atoms with van der Waals surface area (Å²) in [5, 5.41) is 14.9. The van der Waals surface area contributed by atoms with E-state index in [0.717, 1.165) is 16.7 Å². The fourth-order valence-corrected chi connectivity index (χ4v) is 3.57. The number of amides is 2. The average Bonchev–Trinajstić information content (AvgIpc) is 2.86. The number of alkyl carbamates (subject to hydrolysis) is 1. The zero-order chi connectivity index (χ0) is 24.2. The zero-order valence-electron chi connectivity index (χ0n) is 18.7. The molecule has 0 spiro atoms. The van der Waals surface area contributed by atoms with E-state index < -0.39 is 24.0 Å². The first-order valence-corrected chi connectivity index (χ1v) is 11.1. The van der Waals surface area contributed by atoms with Crippen LogP contribution in [0.4, 0.5) is 4.79 Å². The molecule has 0 aliphatic heterocycles. The zero-order valence-corrected chi connectivity index (χ0v) is 18.7. The van der Waals surface area contributed by atoms with Crippen molar-refractivity contribution in [3.05, 3.63) is 108 Å². The number of aliphatic carboxylic acids is 1. The van der Waals surface area contributed by atoms with Crippen LogP contribution in [-0.2, 0) is 20.9 Å². The normalized spacial score (nSPS) is 11.4. The molecular formula is C27H28N2O5. The number of benzene rings is 3. The van der Waals surface area contributed by atoms with Gasteiger partial charge in [-0.2, -0.15) is 0 Å². The van der Waals surface area contributed by atoms with E-state index in [4.69, 9.17) is 4.74 Å². The molecule has 0 radical (unpaired) electrons. The summed E-state index contributed by atoms with van der Waals surface area (Å²) in [6, 6.07) is 26.7. The Balaban J connectivity index is 1.52. The number of carboxylic acid groups (broad SMARTS) is 1. The molecule has 3 aromatic rings. The first-order valence-electron chi connectivity index (χ1n) is 11.1. The second-order valence-corrected chi connectivity index (χ2v) is 7.78. The summed E-state index contributed by atoms with van der Waals surface area (Å²) in [7, 11) is 0. The molecule has 0 aromatic heterocycles. The van der Waals surface area contributed by atoms with E-state index in [1.165, 1.54) is 0 Å². The van der Waals surface area contributed by atoms with E-state index in [1.54, 1.807) is 0 Å². The maximum absolute atomic E-state index is 13.2. The molecule has 0 bridgehead atoms. The lowest BCUT2D eigenvalue weighted by atomic mass is 9.90. The summed E-state index contributed by atoms with van der Waals surface area (Å²) in [5.74, 6) is -2.14. The van der Waals surface area contributed by atoms with Crippen LogP contribution in [0.1, 0.15) is 35.4 Å². The summed E-state index contributed by atoms with van der Waals surface area (Å²) >= 11 is 0. The Bertz CT molecular complexity index is 1020. The number of rotatable bonds is 11. The van der Waals surface area contributed by atoms with Gasteiger partial charge in [0.05, 0.1) is 5.92 Å². The number of carbonyl (C=O) groups is 3. The smallest absolute Gasteiger partial charge is 0.407 e. The maximum atomic E-state index is 13.2. The Labute approximate surface area is 198 Å². The molecule has 1 atom stereocenters. The van der Waals surface area contributed by atoms with E-state index in [-0.39, 0.29) is 25.5 Å². The van der Waals surface area contributed by atoms with Crippen LogP contribution in [-0.4, -0.2) is 35.7 Å². The third kappa shape index (κ3) is 7.48. The topological polar surface area (TPSA) is 105 Å². The van der Waals surface area contributed by atoms with Crippen LogP contribution < -0.4 is 10.6 Å². The average molecular weight is 461 g/mol. The van der Waals surface area contributed by atoms with Gasteiger partial charge in [0.25, 0.3) is 0 Å². The number of nitrogens with one attached hydrogen (secondary N) is 2. The van der Waals surface area contributed by atoms with Crippen molar-refractivity contribution in [2.45, 2.75) is 31.4 Å². The van der Waals surface area contributed by atoms with Crippen molar-refractivity contribution >= 4 is 18.0 Å². The Morgan fingerprint density at radius 3 is 1.85 bits per heavy atom. The first-order chi connectivity index (χ1) is 16.5. The highest BCUT2D eigenvalue weighted by Gasteiger charge is 2.27. The molecule has 3 N–H and O–H groups in total. The van der Waals surface area contributed by atoms with Gasteiger partial charge in [0.15, 0.2) is 0 Å². The molecule has 0 heterocycles. The number of ether oxygens (including phenoxy) is 1. The molecule has 1 unspecified atom stereocenters. The predicted molar refractivity (Wildman–Crippen MR) is 128 cm³/mol. The minimum Gasteiger partial charge on any atom is -0.480 e. The van der Waals surface area contributed by atoms with Gasteiger partial charge >= 0.3 is 12.1 Å². The Hall–Kier alpha value is -4.13. The van der Waals surface area contributed by atoms with E-state index in [1.807, 2.05) is 91.0 Å². The van der Waals surface area contributed by atoms with Crippen LogP contribution in [0.3, 0.4) is 0 Å². The number of carbonyl (C=O) groups excluding carboxylic acids is 2. The lowest BCUT2D eigenvalue weighted by molar-refractivity contribution is -0.142. The lowest BCUT2D eigenvalue weighted by Gasteiger charge is -2.21. The molecule has 2 amide bonds. The third-order valence-electron chi connectivity index (χ3n) is 5.29. The van der Waals surface area contributed by atoms with Crippen molar-refractivity contribution in [3.8, 4) is 0 Å². The molecular weight excluding hydrogens is 432 g/mol. The minimum atomic E-state index is -1.13. The van der Waals surface area contributed by atoms with Gasteiger partial charge in [-0.1, -0.05) is 91.0 Å². The largest absolute Gasteiger partial charge is 0.480 e. The lowest BCUT2D eigenvalue weighted by Crippen LogP contribution is -2.43. The number of hydrogen-bond acceptors (Lipinski definition) is 4. The van der Waals surface area contributed by atoms with Gasteiger partial charge in [0, 0.05) is 6.54 Å². The molecule has 0 fully saturated rings. The van der Waals surface area contributed by atoms with Gasteiger partial charge in [-0.05, 0) is 29.5 Å². The van der Waals surface area contributed by atoms with Crippen LogP contribution in [0.2, 0.25) is 0 Å². The first kappa shape index (κ1) is 24.5. The fraction of sp³-hybridized carbons (Fsp3) is 0.222. The molecule has 7 heteroatoms. The van der Waals surface area contributed by atoms with Gasteiger partial charge in [-0.25, -0.2) is 9.59 Å². The van der Waals surface area contributed by atoms with Crippen LogP contribution in [0, 0.1) is 0 Å². The van der Waals surface area contributed by atoms with E-state index in [9.17, 15) is 19.5 Å². The SMILES string of the molecule is O=C(NCCCC(NC(=O)C(c1ccccc1)c1ccccc1)C(=O)O)OCc1ccccc1. The number of hydrogen-bond donors (Lipinski definition) is 3. The Morgan fingerprint density at radius 1 is 0.794 bits per heavy atom. The van der Waals surface area contributed by atoms with E-state index >= 15 is 0 Å². The highest BCUT2D eigenvalue weighted by molar-refractivity contribution is 5.90. The second-order valence-electron chi connectivity index (χ2n) is 7.78. The fourth-order valence-electron chi connectivity index (χ4n) is 3.57. The molecule has 0 aliphatic rings. The highest BCUT2D eigenvalue weighted by Crippen LogP contribution is 2.25. The van der Waals surface area contributed by atoms with Crippen molar-refractivity contribution < 1.29 is 24.2 Å². The van der Waals surface area contributed by atoms with Crippen molar-refractivity contribution in [1.82, 2.24) is 10.6 Å². The van der Waals surface area contributed by atoms with Crippen LogP contribution in [0.15, 0.2) is 91.0 Å². The summed E-state index contributed by atoms with van der Waals surface area (Å²) in [4.78, 5) is 36.8. The standard InChI is InChI=1S/C27H28N2O5/c30-25(24(21-13-6-2-7-14-21)22-15-8-3-9-16-22)29-23(26(31)32)17-10-18-28-27(33)34-19-20-11-4-1-5-12-20/h1-9,11-16,23-24H,10,17-19H2,(H,28,33)(H,29,30)(H,31,32). The van der Waals surface area contributed by atoms with Crippen molar-refractivity contribution in [2.24, 2.45) is 0 Å². The second kappa shape index (κ2) is 12.8. The van der Waals surface area contributed by atoms with Crippen molar-refractivity contribution in [3.63, 3.8) is 0 Å². The molecule has 0 saturated heterocycles. The minimum absolute atomic E-state index is 0.154. The molecule has 7 nitrogen and oxygen atoms in total. The third-order valence-corrected chi connectivity index (χ3v) is 5.29. The van der Waals surface area contributed by atoms with E-state index in [0.29, 0.717) is 6.42 Å². The Morgan fingerprint density at radius 2 is 1.32 bits per heavy atom. The molecule has 3 rings (SSSR count). The van der Waals surface area contributed by atoms with Gasteiger partial charge in [-0.15, -0.1) is 0 Å². The molecule has 34 heavy (non-hydrogen) atoms. The van der Waals surface area contributed by atoms with Crippen molar-refractivity contribution in [2.75, 3.05) is 6.54 Å². The molecule has 176 valence electrons. The van der Waals surface area contributed by atoms with E-state index in [2.05, 4.69) is 10.6 Å². The van der Waals surface area contributed by atoms with Crippen LogP contribution in [0.25, 0.3) is 0 Å². The van der Waals surface area contributed by atoms with Gasteiger partial charge in [0.1, 0.15) is 12.6 Å². The quantitative estimate of drug-likeness (QED) is 0.374. The summed E-state index contributed by atoms with van der Waals surface area (Å²) < 4.78 is 5.14. The maximum Gasteiger partial charge on any atom is 0.407 e. The molecule has 0 saturated carbocycles.